The molecule has 2 aromatic carbocycles. The first-order chi connectivity index (χ1) is 16.2. The SMILES string of the molecule is COc1cc(CN2C[C@@H]3C[C@H]2CN3Cc2ccc(OCC(F)(F)C(F)F)cc2)ccc1C(=O)O. The van der Waals surface area contributed by atoms with Gasteiger partial charge in [0.15, 0.2) is 6.61 Å². The maximum atomic E-state index is 13.0. The molecule has 0 radical (unpaired) electrons. The van der Waals surface area contributed by atoms with Gasteiger partial charge < -0.3 is 14.6 Å². The number of likely N-dealkylation sites (tertiary alicyclic amines) is 2. The van der Waals surface area contributed by atoms with E-state index in [1.165, 1.54) is 19.2 Å². The number of nitrogens with zero attached hydrogens (tertiary/aromatic N) is 2. The van der Waals surface area contributed by atoms with Crippen LogP contribution < -0.4 is 9.47 Å². The van der Waals surface area contributed by atoms with E-state index in [-0.39, 0.29) is 11.3 Å². The summed E-state index contributed by atoms with van der Waals surface area (Å²) in [6.07, 6.45) is -2.73. The Kier molecular flexibility index (Phi) is 6.99. The van der Waals surface area contributed by atoms with Crippen LogP contribution in [0.3, 0.4) is 0 Å². The third kappa shape index (κ3) is 5.28. The number of alkyl halides is 4. The Bertz CT molecular complexity index is 1020. The van der Waals surface area contributed by atoms with Gasteiger partial charge in [0.1, 0.15) is 17.1 Å². The maximum absolute atomic E-state index is 13.0. The van der Waals surface area contributed by atoms with Crippen molar-refractivity contribution in [3.63, 3.8) is 0 Å². The lowest BCUT2D eigenvalue weighted by atomic mass is 10.1. The zero-order valence-corrected chi connectivity index (χ0v) is 18.6. The highest BCUT2D eigenvalue weighted by molar-refractivity contribution is 5.90. The molecule has 0 spiro atoms. The van der Waals surface area contributed by atoms with E-state index in [2.05, 4.69) is 9.80 Å². The van der Waals surface area contributed by atoms with Crippen LogP contribution in [0.5, 0.6) is 11.5 Å². The molecule has 0 unspecified atom stereocenters. The number of hydrogen-bond donors (Lipinski definition) is 1. The van der Waals surface area contributed by atoms with Crippen molar-refractivity contribution in [1.29, 1.82) is 0 Å². The largest absolute Gasteiger partial charge is 0.496 e. The summed E-state index contributed by atoms with van der Waals surface area (Å²) in [6.45, 7) is 1.82. The number of fused-ring (bicyclic) bond motifs is 2. The highest BCUT2D eigenvalue weighted by Crippen LogP contribution is 2.34. The van der Waals surface area contributed by atoms with Crippen molar-refractivity contribution < 1.29 is 36.9 Å². The molecule has 6 nitrogen and oxygen atoms in total. The Labute approximate surface area is 194 Å². The second-order valence-electron chi connectivity index (χ2n) is 8.74. The first-order valence-electron chi connectivity index (χ1n) is 10.9. The number of hydrogen-bond acceptors (Lipinski definition) is 5. The van der Waals surface area contributed by atoms with Crippen LogP contribution in [0.25, 0.3) is 0 Å². The fourth-order valence-electron chi connectivity index (χ4n) is 4.63. The minimum absolute atomic E-state index is 0.127. The van der Waals surface area contributed by atoms with Crippen LogP contribution in [0.1, 0.15) is 27.9 Å². The Balaban J connectivity index is 1.29. The van der Waals surface area contributed by atoms with E-state index in [9.17, 15) is 27.5 Å². The lowest BCUT2D eigenvalue weighted by molar-refractivity contribution is -0.148. The van der Waals surface area contributed by atoms with Gasteiger partial charge >= 0.3 is 18.3 Å². The number of halogens is 4. The normalized spacial score (nSPS) is 20.8. The van der Waals surface area contributed by atoms with Crippen molar-refractivity contribution in [2.75, 3.05) is 26.8 Å². The quantitative estimate of drug-likeness (QED) is 0.514. The average molecular weight is 482 g/mol. The summed E-state index contributed by atoms with van der Waals surface area (Å²) >= 11 is 0. The number of carboxylic acids is 1. The van der Waals surface area contributed by atoms with Crippen LogP contribution in [0.2, 0.25) is 0 Å². The Morgan fingerprint density at radius 3 is 2.18 bits per heavy atom. The molecule has 2 bridgehead atoms. The summed E-state index contributed by atoms with van der Waals surface area (Å²) in [5.74, 6) is -4.73. The smallest absolute Gasteiger partial charge is 0.340 e. The summed E-state index contributed by atoms with van der Waals surface area (Å²) in [4.78, 5) is 16.0. The molecule has 2 fully saturated rings. The zero-order valence-electron chi connectivity index (χ0n) is 18.6. The molecule has 2 aliphatic heterocycles. The lowest BCUT2D eigenvalue weighted by Gasteiger charge is -2.34. The van der Waals surface area contributed by atoms with E-state index in [1.54, 1.807) is 24.3 Å². The van der Waals surface area contributed by atoms with Gasteiger partial charge in [-0.25, -0.2) is 13.6 Å². The third-order valence-electron chi connectivity index (χ3n) is 6.41. The molecule has 2 aliphatic rings. The minimum Gasteiger partial charge on any atom is -0.496 e. The van der Waals surface area contributed by atoms with Crippen molar-refractivity contribution in [2.45, 2.75) is 43.9 Å². The van der Waals surface area contributed by atoms with E-state index in [1.807, 2.05) is 6.07 Å². The summed E-state index contributed by atoms with van der Waals surface area (Å²) in [5, 5.41) is 9.24. The maximum Gasteiger partial charge on any atom is 0.340 e. The molecule has 0 aliphatic carbocycles. The number of piperazine rings is 1. The first-order valence-corrected chi connectivity index (χ1v) is 10.9. The zero-order chi connectivity index (χ0) is 24.5. The predicted molar refractivity (Wildman–Crippen MR) is 116 cm³/mol. The van der Waals surface area contributed by atoms with Gasteiger partial charge in [-0.15, -0.1) is 0 Å². The second kappa shape index (κ2) is 9.79. The van der Waals surface area contributed by atoms with Crippen molar-refractivity contribution in [2.24, 2.45) is 0 Å². The molecule has 0 amide bonds. The van der Waals surface area contributed by atoms with Crippen molar-refractivity contribution in [1.82, 2.24) is 9.80 Å². The van der Waals surface area contributed by atoms with Gasteiger partial charge in [0.25, 0.3) is 0 Å². The number of methoxy groups -OCH3 is 1. The first kappa shape index (κ1) is 24.3. The van der Waals surface area contributed by atoms with E-state index < -0.39 is 24.9 Å². The molecule has 10 heteroatoms. The van der Waals surface area contributed by atoms with Gasteiger partial charge in [0.2, 0.25) is 0 Å². The Morgan fingerprint density at radius 2 is 1.65 bits per heavy atom. The van der Waals surface area contributed by atoms with Gasteiger partial charge in [0, 0.05) is 38.3 Å². The molecule has 2 aromatic rings. The fourth-order valence-corrected chi connectivity index (χ4v) is 4.63. The number of benzene rings is 2. The molecular weight excluding hydrogens is 456 g/mol. The topological polar surface area (TPSA) is 62.2 Å². The van der Waals surface area contributed by atoms with Gasteiger partial charge in [-0.05, 0) is 41.8 Å². The molecule has 34 heavy (non-hydrogen) atoms. The minimum atomic E-state index is -4.18. The molecule has 2 atom stereocenters. The molecular formula is C24H26F4N2O4. The third-order valence-corrected chi connectivity index (χ3v) is 6.41. The highest BCUT2D eigenvalue weighted by atomic mass is 19.3. The van der Waals surface area contributed by atoms with Crippen LogP contribution in [0.4, 0.5) is 17.6 Å². The van der Waals surface area contributed by atoms with Crippen molar-refractivity contribution in [3.8, 4) is 11.5 Å². The Morgan fingerprint density at radius 1 is 1.06 bits per heavy atom. The number of rotatable bonds is 10. The standard InChI is InChI=1S/C24H26F4N2O4/c1-33-21-8-16(4-7-20(21)22(31)32)11-30-13-17-9-18(30)12-29(17)10-15-2-5-19(6-3-15)34-14-24(27,28)23(25)26/h2-8,17-18,23H,9-14H2,1H3,(H,31,32)/t17-,18-/m0/s1. The lowest BCUT2D eigenvalue weighted by Crippen LogP contribution is -2.45. The highest BCUT2D eigenvalue weighted by Gasteiger charge is 2.43. The van der Waals surface area contributed by atoms with Crippen LogP contribution in [0.15, 0.2) is 42.5 Å². The average Bonchev–Trinajstić information content (AvgIpc) is 3.38. The van der Waals surface area contributed by atoms with Gasteiger partial charge in [-0.2, -0.15) is 8.78 Å². The molecule has 184 valence electrons. The molecule has 2 heterocycles. The van der Waals surface area contributed by atoms with E-state index in [0.717, 1.165) is 30.6 Å². The fraction of sp³-hybridized carbons (Fsp3) is 0.458. The summed E-state index contributed by atoms with van der Waals surface area (Å²) in [5.41, 5.74) is 2.12. The number of ether oxygens (including phenoxy) is 2. The van der Waals surface area contributed by atoms with Gasteiger partial charge in [-0.3, -0.25) is 9.80 Å². The molecule has 0 saturated carbocycles. The summed E-state index contributed by atoms with van der Waals surface area (Å²) < 4.78 is 60.5. The number of aromatic carboxylic acids is 1. The van der Waals surface area contributed by atoms with Gasteiger partial charge in [0.05, 0.1) is 7.11 Å². The predicted octanol–water partition coefficient (Wildman–Crippen LogP) is 4.13. The van der Waals surface area contributed by atoms with E-state index in [4.69, 9.17) is 9.47 Å². The second-order valence-corrected chi connectivity index (χ2v) is 8.74. The van der Waals surface area contributed by atoms with Crippen molar-refractivity contribution >= 4 is 5.97 Å². The van der Waals surface area contributed by atoms with Crippen LogP contribution >= 0.6 is 0 Å². The summed E-state index contributed by atoms with van der Waals surface area (Å²) in [6, 6.07) is 12.5. The van der Waals surface area contributed by atoms with E-state index >= 15 is 0 Å². The monoisotopic (exact) mass is 482 g/mol. The number of carbonyl (C=O) groups is 1. The van der Waals surface area contributed by atoms with Crippen LogP contribution in [-0.2, 0) is 13.1 Å². The van der Waals surface area contributed by atoms with E-state index in [0.29, 0.717) is 30.9 Å². The van der Waals surface area contributed by atoms with Crippen LogP contribution in [0, 0.1) is 0 Å². The molecule has 4 rings (SSSR count). The van der Waals surface area contributed by atoms with Crippen LogP contribution in [-0.4, -0.2) is 72.1 Å². The molecule has 1 N–H and O–H groups in total. The molecule has 2 saturated heterocycles. The van der Waals surface area contributed by atoms with Crippen molar-refractivity contribution in [3.05, 3.63) is 59.2 Å². The van der Waals surface area contributed by atoms with Gasteiger partial charge in [-0.1, -0.05) is 18.2 Å². The molecule has 0 aromatic heterocycles. The summed E-state index contributed by atoms with van der Waals surface area (Å²) in [7, 11) is 1.46. The number of carboxylic acid groups (broad SMARTS) is 1. The Hall–Kier alpha value is -2.85.